The summed E-state index contributed by atoms with van der Waals surface area (Å²) >= 11 is 6.11. The molecule has 19 heavy (non-hydrogen) atoms. The highest BCUT2D eigenvalue weighted by atomic mass is 35.5. The molecule has 1 fully saturated rings. The van der Waals surface area contributed by atoms with E-state index in [9.17, 15) is 8.42 Å². The lowest BCUT2D eigenvalue weighted by Crippen LogP contribution is -3.00. The molecule has 0 amide bonds. The number of quaternary nitrogens is 1. The number of rotatable bonds is 1. The standard InChI is InChI=1S/C12H13ClN2O2S.ClH/c13-12-11(15-7-5-14-6-8-15)9-3-1-2-4-10(9)18(12,16)17;/h1-4,14H,5-8H2;1H. The van der Waals surface area contributed by atoms with Crippen molar-refractivity contribution in [2.75, 3.05) is 26.2 Å². The van der Waals surface area contributed by atoms with Crippen molar-refractivity contribution < 1.29 is 26.1 Å². The van der Waals surface area contributed by atoms with Crippen LogP contribution in [0, 0.1) is 0 Å². The second kappa shape index (κ2) is 5.32. The molecule has 0 spiro atoms. The Kier molecular flexibility index (Phi) is 4.11. The van der Waals surface area contributed by atoms with Crippen molar-refractivity contribution in [3.05, 3.63) is 34.2 Å². The molecular weight excluding hydrogens is 307 g/mol. The minimum Gasteiger partial charge on any atom is -1.00 e. The van der Waals surface area contributed by atoms with Crippen molar-refractivity contribution >= 4 is 27.1 Å². The van der Waals surface area contributed by atoms with Gasteiger partial charge in [-0.05, 0) is 6.07 Å². The molecule has 4 nitrogen and oxygen atoms in total. The number of halogens is 2. The summed E-state index contributed by atoms with van der Waals surface area (Å²) in [7, 11) is -3.49. The first-order chi connectivity index (χ1) is 8.62. The fourth-order valence-electron chi connectivity index (χ4n) is 2.49. The highest BCUT2D eigenvalue weighted by molar-refractivity contribution is 7.97. The summed E-state index contributed by atoms with van der Waals surface area (Å²) < 4.78 is 24.4. The average Bonchev–Trinajstić information content (AvgIpc) is 2.60. The summed E-state index contributed by atoms with van der Waals surface area (Å²) in [5, 5.41) is 2.22. The van der Waals surface area contributed by atoms with Crippen LogP contribution in [-0.2, 0) is 9.84 Å². The number of piperazine rings is 1. The van der Waals surface area contributed by atoms with Crippen LogP contribution in [0.2, 0.25) is 0 Å². The van der Waals surface area contributed by atoms with E-state index >= 15 is 0 Å². The smallest absolute Gasteiger partial charge is 0.220 e. The van der Waals surface area contributed by atoms with E-state index in [1.807, 2.05) is 12.1 Å². The molecule has 0 saturated carbocycles. The van der Waals surface area contributed by atoms with Gasteiger partial charge in [-0.15, -0.1) is 0 Å². The van der Waals surface area contributed by atoms with Gasteiger partial charge in [-0.2, -0.15) is 0 Å². The first-order valence-corrected chi connectivity index (χ1v) is 7.79. The van der Waals surface area contributed by atoms with E-state index in [-0.39, 0.29) is 16.8 Å². The monoisotopic (exact) mass is 320 g/mol. The third-order valence-corrected chi connectivity index (χ3v) is 5.76. The predicted molar refractivity (Wildman–Crippen MR) is 69.6 cm³/mol. The minimum absolute atomic E-state index is 0. The highest BCUT2D eigenvalue weighted by Crippen LogP contribution is 2.42. The van der Waals surface area contributed by atoms with E-state index < -0.39 is 9.84 Å². The maximum absolute atomic E-state index is 12.2. The lowest BCUT2D eigenvalue weighted by atomic mass is 10.1. The fourth-order valence-corrected chi connectivity index (χ4v) is 4.36. The lowest BCUT2D eigenvalue weighted by Gasteiger charge is -2.28. The molecule has 0 aromatic heterocycles. The number of hydrogen-bond acceptors (Lipinski definition) is 3. The number of hydrogen-bond donors (Lipinski definition) is 1. The zero-order chi connectivity index (χ0) is 12.8. The van der Waals surface area contributed by atoms with Crippen molar-refractivity contribution in [1.29, 1.82) is 0 Å². The summed E-state index contributed by atoms with van der Waals surface area (Å²) in [5.74, 6) is 0. The Morgan fingerprint density at radius 1 is 1.16 bits per heavy atom. The van der Waals surface area contributed by atoms with Gasteiger partial charge in [0.25, 0.3) is 0 Å². The first-order valence-electron chi connectivity index (χ1n) is 5.93. The van der Waals surface area contributed by atoms with Crippen LogP contribution in [0.5, 0.6) is 0 Å². The maximum Gasteiger partial charge on any atom is 0.220 e. The quantitative estimate of drug-likeness (QED) is 0.609. The summed E-state index contributed by atoms with van der Waals surface area (Å²) in [6, 6.07) is 7.03. The summed E-state index contributed by atoms with van der Waals surface area (Å²) in [5.41, 5.74) is 1.42. The topological polar surface area (TPSA) is 54.0 Å². The second-order valence-electron chi connectivity index (χ2n) is 4.47. The Balaban J connectivity index is 0.00000133. The molecule has 1 aromatic carbocycles. The molecule has 0 unspecified atom stereocenters. The minimum atomic E-state index is -3.49. The largest absolute Gasteiger partial charge is 1.00 e. The maximum atomic E-state index is 12.2. The van der Waals surface area contributed by atoms with Crippen LogP contribution in [0.25, 0.3) is 5.70 Å². The van der Waals surface area contributed by atoms with Crippen LogP contribution >= 0.6 is 11.6 Å². The molecule has 1 saturated heterocycles. The van der Waals surface area contributed by atoms with Crippen LogP contribution < -0.4 is 17.7 Å². The van der Waals surface area contributed by atoms with Gasteiger partial charge in [-0.3, -0.25) is 0 Å². The van der Waals surface area contributed by atoms with Gasteiger partial charge in [0, 0.05) is 5.56 Å². The molecule has 3 rings (SSSR count). The first kappa shape index (κ1) is 14.7. The Morgan fingerprint density at radius 2 is 1.79 bits per heavy atom. The van der Waals surface area contributed by atoms with E-state index in [1.165, 1.54) is 0 Å². The van der Waals surface area contributed by atoms with Gasteiger partial charge in [-0.1, -0.05) is 29.8 Å². The second-order valence-corrected chi connectivity index (χ2v) is 6.93. The van der Waals surface area contributed by atoms with Crippen molar-refractivity contribution in [1.82, 2.24) is 4.90 Å². The van der Waals surface area contributed by atoms with Crippen LogP contribution in [0.4, 0.5) is 0 Å². The third kappa shape index (κ3) is 2.25. The molecule has 7 heteroatoms. The zero-order valence-electron chi connectivity index (χ0n) is 10.1. The van der Waals surface area contributed by atoms with E-state index in [0.29, 0.717) is 10.6 Å². The zero-order valence-corrected chi connectivity index (χ0v) is 12.5. The van der Waals surface area contributed by atoms with Gasteiger partial charge in [0.05, 0.1) is 36.8 Å². The highest BCUT2D eigenvalue weighted by Gasteiger charge is 2.37. The Morgan fingerprint density at radius 3 is 2.47 bits per heavy atom. The van der Waals surface area contributed by atoms with Gasteiger partial charge in [0.15, 0.2) is 4.36 Å². The molecule has 104 valence electrons. The van der Waals surface area contributed by atoms with Crippen molar-refractivity contribution in [2.24, 2.45) is 0 Å². The number of fused-ring (bicyclic) bond motifs is 1. The van der Waals surface area contributed by atoms with Crippen molar-refractivity contribution in [2.45, 2.75) is 4.90 Å². The van der Waals surface area contributed by atoms with Gasteiger partial charge >= 0.3 is 0 Å². The Labute approximate surface area is 123 Å². The molecule has 0 radical (unpaired) electrons. The Bertz CT molecular complexity index is 622. The molecule has 2 heterocycles. The van der Waals surface area contributed by atoms with Crippen LogP contribution in [0.3, 0.4) is 0 Å². The molecule has 2 aliphatic heterocycles. The van der Waals surface area contributed by atoms with Crippen LogP contribution in [0.1, 0.15) is 5.56 Å². The van der Waals surface area contributed by atoms with E-state index in [2.05, 4.69) is 10.2 Å². The Hall–Kier alpha value is -0.750. The van der Waals surface area contributed by atoms with Gasteiger partial charge in [-0.25, -0.2) is 8.42 Å². The number of sulfone groups is 1. The third-order valence-electron chi connectivity index (χ3n) is 3.38. The van der Waals surface area contributed by atoms with Crippen LogP contribution in [0.15, 0.2) is 33.5 Å². The molecule has 0 aliphatic carbocycles. The van der Waals surface area contributed by atoms with Crippen molar-refractivity contribution in [3.63, 3.8) is 0 Å². The van der Waals surface area contributed by atoms with Gasteiger partial charge in [0.1, 0.15) is 0 Å². The molecule has 2 N–H and O–H groups in total. The normalized spacial score (nSPS) is 21.0. The summed E-state index contributed by atoms with van der Waals surface area (Å²) in [6.07, 6.45) is 0. The number of nitrogens with two attached hydrogens (primary N) is 1. The molecule has 1 aromatic rings. The van der Waals surface area contributed by atoms with Gasteiger partial charge in [0.2, 0.25) is 9.84 Å². The van der Waals surface area contributed by atoms with E-state index in [4.69, 9.17) is 11.6 Å². The summed E-state index contributed by atoms with van der Waals surface area (Å²) in [4.78, 5) is 2.41. The predicted octanol–water partition coefficient (Wildman–Crippen LogP) is -2.78. The fraction of sp³-hybridized carbons (Fsp3) is 0.333. The molecule has 2 aliphatic rings. The summed E-state index contributed by atoms with van der Waals surface area (Å²) in [6.45, 7) is 3.59. The SMILES string of the molecule is O=S1(=O)C(Cl)=C(N2CC[NH2+]CC2)c2ccccc21.[Cl-]. The molecule has 0 bridgehead atoms. The lowest BCUT2D eigenvalue weighted by molar-refractivity contribution is -0.662. The van der Waals surface area contributed by atoms with E-state index in [1.54, 1.807) is 12.1 Å². The number of nitrogens with zero attached hydrogens (tertiary/aromatic N) is 1. The van der Waals surface area contributed by atoms with Gasteiger partial charge < -0.3 is 22.6 Å². The molecule has 0 atom stereocenters. The number of benzene rings is 1. The molecular formula is C12H14Cl2N2O2S. The average molecular weight is 321 g/mol. The van der Waals surface area contributed by atoms with Crippen LogP contribution in [-0.4, -0.2) is 39.5 Å². The van der Waals surface area contributed by atoms with Crippen molar-refractivity contribution in [3.8, 4) is 0 Å². The van der Waals surface area contributed by atoms with E-state index in [0.717, 1.165) is 31.7 Å².